The van der Waals surface area contributed by atoms with Crippen LogP contribution in [0.15, 0.2) is 52.5 Å². The molecule has 1 aliphatic heterocycles. The quantitative estimate of drug-likeness (QED) is 0.313. The fourth-order valence-electron chi connectivity index (χ4n) is 6.86. The van der Waals surface area contributed by atoms with Gasteiger partial charge in [-0.05, 0) is 60.8 Å². The molecule has 1 aliphatic carbocycles. The van der Waals surface area contributed by atoms with Crippen LogP contribution in [0.2, 0.25) is 0 Å². The smallest absolute Gasteiger partial charge is 0.295 e. The van der Waals surface area contributed by atoms with Gasteiger partial charge in [-0.25, -0.2) is 4.79 Å². The largest absolute Gasteiger partial charge is 0.328 e. The molecular weight excluding hydrogens is 486 g/mol. The molecular formula is C31H43N7O. The Morgan fingerprint density at radius 2 is 1.90 bits per heavy atom. The number of nitrogens with one attached hydrogen (secondary N) is 1. The van der Waals surface area contributed by atoms with Crippen molar-refractivity contribution in [1.29, 1.82) is 0 Å². The number of hydrogen-bond donors (Lipinski definition) is 1. The summed E-state index contributed by atoms with van der Waals surface area (Å²) in [6, 6.07) is 8.59. The second-order valence-electron chi connectivity index (χ2n) is 11.4. The second-order valence-corrected chi connectivity index (χ2v) is 11.4. The summed E-state index contributed by atoms with van der Waals surface area (Å²) in [5, 5.41) is 14.7. The lowest BCUT2D eigenvalue weighted by atomic mass is 9.76. The molecule has 3 unspecified atom stereocenters. The van der Waals surface area contributed by atoms with Gasteiger partial charge in [0.1, 0.15) is 0 Å². The number of aromatic nitrogens is 6. The Morgan fingerprint density at radius 3 is 2.54 bits per heavy atom. The third kappa shape index (κ3) is 5.56. The number of aromatic amines is 1. The van der Waals surface area contributed by atoms with Crippen LogP contribution in [0.1, 0.15) is 95.9 Å². The van der Waals surface area contributed by atoms with Crippen molar-refractivity contribution in [2.24, 2.45) is 16.8 Å². The Hall–Kier alpha value is -3.29. The minimum Gasteiger partial charge on any atom is -0.295 e. The van der Waals surface area contributed by atoms with Gasteiger partial charge in [-0.2, -0.15) is 5.21 Å². The van der Waals surface area contributed by atoms with Crippen LogP contribution >= 0.6 is 0 Å². The summed E-state index contributed by atoms with van der Waals surface area (Å²) in [5.41, 5.74) is 2.94. The molecule has 0 spiro atoms. The Labute approximate surface area is 231 Å². The molecule has 3 atom stereocenters. The van der Waals surface area contributed by atoms with Gasteiger partial charge in [0, 0.05) is 47.9 Å². The van der Waals surface area contributed by atoms with Crippen LogP contribution in [0, 0.1) is 11.8 Å². The number of tetrazole rings is 1. The summed E-state index contributed by atoms with van der Waals surface area (Å²) >= 11 is 0. The minimum atomic E-state index is -0.393. The van der Waals surface area contributed by atoms with Gasteiger partial charge in [0.2, 0.25) is 5.82 Å². The lowest BCUT2D eigenvalue weighted by molar-refractivity contribution is 0.213. The molecule has 1 N–H and O–H groups in total. The standard InChI is InChI=1S/C31H43N7O/c1-4-7-15-27-21-37(28-23(5-2)11-8-9-12-24(28)6-3)30(39)38(27)22-31(16-18-32-19-17-31)26-14-10-13-25(20-26)29-33-35-36-34-29/h10,13-14,16,18-21,23-24,28H,4-9,11-12,15,17,22H2,1-3H3,(H,33,34,35,36). The first-order valence-electron chi connectivity index (χ1n) is 14.9. The highest BCUT2D eigenvalue weighted by atomic mass is 16.1. The van der Waals surface area contributed by atoms with Crippen LogP contribution in [-0.4, -0.2) is 36.0 Å². The number of H-pyrrole nitrogens is 1. The monoisotopic (exact) mass is 529 g/mol. The molecule has 2 aromatic heterocycles. The zero-order valence-electron chi connectivity index (χ0n) is 23.7. The van der Waals surface area contributed by atoms with Gasteiger partial charge in [-0.15, -0.1) is 10.2 Å². The maximum absolute atomic E-state index is 14.4. The maximum atomic E-state index is 14.4. The van der Waals surface area contributed by atoms with Crippen LogP contribution in [0.25, 0.3) is 11.4 Å². The highest BCUT2D eigenvalue weighted by Crippen LogP contribution is 2.41. The highest BCUT2D eigenvalue weighted by Gasteiger charge is 2.36. The van der Waals surface area contributed by atoms with Crippen molar-refractivity contribution < 1.29 is 0 Å². The number of nitrogens with zero attached hydrogens (tertiary/aromatic N) is 6. The van der Waals surface area contributed by atoms with E-state index in [0.29, 0.717) is 24.2 Å². The Balaban J connectivity index is 1.59. The summed E-state index contributed by atoms with van der Waals surface area (Å²) in [6.45, 7) is 7.40. The van der Waals surface area contributed by atoms with Crippen LogP contribution in [0.4, 0.5) is 0 Å². The topological polar surface area (TPSA) is 93.8 Å². The van der Waals surface area contributed by atoms with E-state index in [1.54, 1.807) is 0 Å². The molecule has 0 saturated heterocycles. The average Bonchev–Trinajstić information content (AvgIpc) is 3.56. The molecule has 5 rings (SSSR count). The van der Waals surface area contributed by atoms with Crippen molar-refractivity contribution in [3.05, 3.63) is 64.5 Å². The van der Waals surface area contributed by atoms with Crippen molar-refractivity contribution in [2.45, 2.75) is 103 Å². The van der Waals surface area contributed by atoms with E-state index in [1.165, 1.54) is 25.7 Å². The first-order chi connectivity index (χ1) is 19.1. The molecule has 0 amide bonds. The molecule has 0 bridgehead atoms. The zero-order valence-corrected chi connectivity index (χ0v) is 23.7. The van der Waals surface area contributed by atoms with Gasteiger partial charge in [0.15, 0.2) is 0 Å². The van der Waals surface area contributed by atoms with E-state index in [4.69, 9.17) is 0 Å². The molecule has 39 heavy (non-hydrogen) atoms. The van der Waals surface area contributed by atoms with E-state index < -0.39 is 5.41 Å². The molecule has 3 heterocycles. The highest BCUT2D eigenvalue weighted by molar-refractivity contribution is 5.65. The Bertz CT molecular complexity index is 1320. The van der Waals surface area contributed by atoms with Crippen LogP contribution in [0.5, 0.6) is 0 Å². The van der Waals surface area contributed by atoms with E-state index in [1.807, 2.05) is 24.5 Å². The van der Waals surface area contributed by atoms with E-state index in [2.05, 4.69) is 79.9 Å². The molecule has 0 radical (unpaired) electrons. The number of aryl methyl sites for hydroxylation is 1. The van der Waals surface area contributed by atoms with Crippen molar-refractivity contribution in [3.63, 3.8) is 0 Å². The second kappa shape index (κ2) is 12.3. The summed E-state index contributed by atoms with van der Waals surface area (Å²) < 4.78 is 4.24. The molecule has 1 fully saturated rings. The number of aliphatic imine (C=N–C) groups is 1. The fourth-order valence-corrected chi connectivity index (χ4v) is 6.86. The van der Waals surface area contributed by atoms with Crippen molar-refractivity contribution in [2.75, 3.05) is 0 Å². The number of allylic oxidation sites excluding steroid dienone is 1. The van der Waals surface area contributed by atoms with E-state index in [0.717, 1.165) is 55.3 Å². The SMILES string of the molecule is CCCCc1cn(C2C(CC)CCCCC2CC)c(=O)n1CC1(c2cccc(-c3nn[nH]n3)c2)C=CN=CC1. The summed E-state index contributed by atoms with van der Waals surface area (Å²) in [5.74, 6) is 1.66. The lowest BCUT2D eigenvalue weighted by Gasteiger charge is -2.33. The van der Waals surface area contributed by atoms with Crippen molar-refractivity contribution >= 4 is 6.21 Å². The molecule has 8 nitrogen and oxygen atoms in total. The van der Waals surface area contributed by atoms with E-state index in [9.17, 15) is 4.79 Å². The first kappa shape index (κ1) is 27.3. The van der Waals surface area contributed by atoms with Crippen molar-refractivity contribution in [1.82, 2.24) is 29.8 Å². The molecule has 3 aromatic rings. The molecule has 2 aliphatic rings. The third-order valence-electron chi connectivity index (χ3n) is 9.13. The lowest BCUT2D eigenvalue weighted by Crippen LogP contribution is -2.39. The number of imidazole rings is 1. The normalized spacial score (nSPS) is 25.2. The van der Waals surface area contributed by atoms with E-state index in [-0.39, 0.29) is 11.7 Å². The van der Waals surface area contributed by atoms with Crippen molar-refractivity contribution in [3.8, 4) is 11.4 Å². The number of benzene rings is 1. The van der Waals surface area contributed by atoms with Gasteiger partial charge >= 0.3 is 5.69 Å². The molecule has 1 aromatic carbocycles. The number of rotatable bonds is 10. The Kier molecular flexibility index (Phi) is 8.58. The van der Waals surface area contributed by atoms with Crippen LogP contribution in [0.3, 0.4) is 0 Å². The molecule has 208 valence electrons. The van der Waals surface area contributed by atoms with Gasteiger partial charge in [0.25, 0.3) is 0 Å². The van der Waals surface area contributed by atoms with Gasteiger partial charge in [-0.3, -0.25) is 14.1 Å². The maximum Gasteiger partial charge on any atom is 0.328 e. The van der Waals surface area contributed by atoms with Gasteiger partial charge in [0.05, 0.1) is 0 Å². The predicted molar refractivity (Wildman–Crippen MR) is 156 cm³/mol. The van der Waals surface area contributed by atoms with Gasteiger partial charge in [-0.1, -0.05) is 77.2 Å². The first-order valence-corrected chi connectivity index (χ1v) is 14.9. The fraction of sp³-hybridized carbons (Fsp3) is 0.581. The number of hydrogen-bond acceptors (Lipinski definition) is 5. The third-order valence-corrected chi connectivity index (χ3v) is 9.13. The van der Waals surface area contributed by atoms with Crippen LogP contribution in [-0.2, 0) is 18.4 Å². The molecule has 1 saturated carbocycles. The zero-order chi connectivity index (χ0) is 27.2. The minimum absolute atomic E-state index is 0.148. The van der Waals surface area contributed by atoms with E-state index >= 15 is 0 Å². The Morgan fingerprint density at radius 1 is 1.10 bits per heavy atom. The predicted octanol–water partition coefficient (Wildman–Crippen LogP) is 6.27. The summed E-state index contributed by atoms with van der Waals surface area (Å²) in [4.78, 5) is 18.8. The summed E-state index contributed by atoms with van der Waals surface area (Å²) in [6.07, 6.45) is 19.3. The molecule has 8 heteroatoms. The summed E-state index contributed by atoms with van der Waals surface area (Å²) in [7, 11) is 0. The average molecular weight is 530 g/mol. The van der Waals surface area contributed by atoms with Crippen LogP contribution < -0.4 is 5.69 Å². The number of unbranched alkanes of at least 4 members (excludes halogenated alkanes) is 1. The van der Waals surface area contributed by atoms with Gasteiger partial charge < -0.3 is 0 Å².